The van der Waals surface area contributed by atoms with Crippen LogP contribution >= 0.6 is 0 Å². The van der Waals surface area contributed by atoms with Gasteiger partial charge in [0.05, 0.1) is 24.4 Å². The maximum absolute atomic E-state index is 13.0. The third kappa shape index (κ3) is 2.54. The van der Waals surface area contributed by atoms with Gasteiger partial charge >= 0.3 is 5.97 Å². The van der Waals surface area contributed by atoms with Gasteiger partial charge < -0.3 is 20.1 Å². The molecule has 3 unspecified atom stereocenters. The minimum absolute atomic E-state index is 0.0298. The summed E-state index contributed by atoms with van der Waals surface area (Å²) in [5.74, 6) is -3.51. The summed E-state index contributed by atoms with van der Waals surface area (Å²) < 4.78 is 4.85. The molecule has 3 atom stereocenters. The predicted octanol–water partition coefficient (Wildman–Crippen LogP) is 2.00. The van der Waals surface area contributed by atoms with Gasteiger partial charge in [-0.2, -0.15) is 0 Å². The molecule has 0 aromatic heterocycles. The van der Waals surface area contributed by atoms with Crippen LogP contribution in [-0.2, 0) is 9.53 Å². The Hall–Kier alpha value is -3.03. The number of aromatic hydroxyl groups is 1. The summed E-state index contributed by atoms with van der Waals surface area (Å²) in [5.41, 5.74) is -1.46. The maximum atomic E-state index is 13.0. The van der Waals surface area contributed by atoms with Crippen LogP contribution in [0.3, 0.4) is 0 Å². The smallest absolute Gasteiger partial charge is 0.316 e. The molecule has 3 N–H and O–H groups in total. The molecule has 0 saturated heterocycles. The second-order valence-electron chi connectivity index (χ2n) is 7.49. The van der Waals surface area contributed by atoms with Crippen molar-refractivity contribution in [3.05, 3.63) is 63.7 Å². The van der Waals surface area contributed by atoms with Gasteiger partial charge in [-0.3, -0.25) is 14.4 Å². The number of benzene rings is 2. The third-order valence-electron chi connectivity index (χ3n) is 6.04. The predicted molar refractivity (Wildman–Crippen MR) is 101 cm³/mol. The van der Waals surface area contributed by atoms with Crippen molar-refractivity contribution >= 4 is 17.5 Å². The van der Waals surface area contributed by atoms with E-state index in [1.54, 1.807) is 19.1 Å². The van der Waals surface area contributed by atoms with E-state index >= 15 is 0 Å². The number of esters is 1. The zero-order valence-corrected chi connectivity index (χ0v) is 15.9. The topological polar surface area (TPSA) is 121 Å². The van der Waals surface area contributed by atoms with Gasteiger partial charge in [0.25, 0.3) is 0 Å². The van der Waals surface area contributed by atoms with Crippen molar-refractivity contribution in [2.45, 2.75) is 37.4 Å². The Morgan fingerprint density at radius 1 is 1.17 bits per heavy atom. The number of aliphatic hydroxyl groups is 2. The first-order chi connectivity index (χ1) is 13.7. The minimum Gasteiger partial charge on any atom is -0.507 e. The van der Waals surface area contributed by atoms with Gasteiger partial charge in [-0.05, 0) is 18.1 Å². The highest BCUT2D eigenvalue weighted by molar-refractivity contribution is 6.29. The van der Waals surface area contributed by atoms with Crippen LogP contribution in [0.1, 0.15) is 74.8 Å². The Bertz CT molecular complexity index is 1070. The second-order valence-corrected chi connectivity index (χ2v) is 7.49. The SMILES string of the molecule is CCC1(O)CC(O)c2c(cc3c(c2O)C(=O)c2ccccc2C3=O)C1C(=O)OC. The molecule has 0 saturated carbocycles. The number of ether oxygens (including phenoxy) is 1. The first-order valence-electron chi connectivity index (χ1n) is 9.31. The van der Waals surface area contributed by atoms with Gasteiger partial charge in [-0.25, -0.2) is 0 Å². The van der Waals surface area contributed by atoms with Crippen LogP contribution < -0.4 is 0 Å². The lowest BCUT2D eigenvalue weighted by Gasteiger charge is -2.42. The van der Waals surface area contributed by atoms with Crippen molar-refractivity contribution in [1.29, 1.82) is 0 Å². The average molecular weight is 396 g/mol. The Balaban J connectivity index is 2.03. The molecule has 7 nitrogen and oxygen atoms in total. The normalized spacial score (nSPS) is 25.1. The molecule has 2 aliphatic carbocycles. The minimum atomic E-state index is -1.63. The van der Waals surface area contributed by atoms with Crippen molar-refractivity contribution in [3.8, 4) is 5.75 Å². The van der Waals surface area contributed by atoms with Gasteiger partial charge in [0, 0.05) is 28.7 Å². The van der Waals surface area contributed by atoms with E-state index < -0.39 is 40.9 Å². The van der Waals surface area contributed by atoms with E-state index in [0.717, 1.165) is 0 Å². The van der Waals surface area contributed by atoms with Crippen LogP contribution in [-0.4, -0.2) is 45.6 Å². The molecule has 2 aromatic rings. The van der Waals surface area contributed by atoms with Gasteiger partial charge in [0.1, 0.15) is 11.7 Å². The number of hydrogen-bond donors (Lipinski definition) is 3. The van der Waals surface area contributed by atoms with Crippen molar-refractivity contribution in [3.63, 3.8) is 0 Å². The standard InChI is InChI=1S/C22H20O7/c1-3-22(28)9-14(23)15-12(17(22)21(27)29-2)8-13-16(20(15)26)19(25)11-7-5-4-6-10(11)18(13)24/h4-8,14,17,23,26,28H,3,9H2,1-2H3. The number of fused-ring (bicyclic) bond motifs is 3. The number of carbonyl (C=O) groups excluding carboxylic acids is 3. The fourth-order valence-corrected chi connectivity index (χ4v) is 4.52. The number of aliphatic hydroxyl groups excluding tert-OH is 1. The van der Waals surface area contributed by atoms with E-state index in [1.807, 2.05) is 0 Å². The summed E-state index contributed by atoms with van der Waals surface area (Å²) in [5, 5.41) is 32.6. The van der Waals surface area contributed by atoms with Crippen LogP contribution in [0.2, 0.25) is 0 Å². The van der Waals surface area contributed by atoms with E-state index in [-0.39, 0.29) is 46.2 Å². The molecule has 4 rings (SSSR count). The van der Waals surface area contributed by atoms with Crippen LogP contribution in [0, 0.1) is 0 Å². The Morgan fingerprint density at radius 3 is 2.38 bits per heavy atom. The van der Waals surface area contributed by atoms with Crippen LogP contribution in [0.4, 0.5) is 0 Å². The summed E-state index contributed by atoms with van der Waals surface area (Å²) in [7, 11) is 1.17. The molecule has 2 aromatic carbocycles. The monoisotopic (exact) mass is 396 g/mol. The number of carbonyl (C=O) groups is 3. The number of methoxy groups -OCH3 is 1. The van der Waals surface area contributed by atoms with E-state index in [1.165, 1.54) is 25.3 Å². The maximum Gasteiger partial charge on any atom is 0.316 e. The van der Waals surface area contributed by atoms with Gasteiger partial charge in [0.15, 0.2) is 11.6 Å². The lowest BCUT2D eigenvalue weighted by atomic mass is 9.67. The number of phenols is 1. The first-order valence-corrected chi connectivity index (χ1v) is 9.31. The average Bonchev–Trinajstić information content (AvgIpc) is 2.71. The number of hydrogen-bond acceptors (Lipinski definition) is 7. The molecule has 29 heavy (non-hydrogen) atoms. The molecule has 2 aliphatic rings. The fraction of sp³-hybridized carbons (Fsp3) is 0.318. The quantitative estimate of drug-likeness (QED) is 0.567. The van der Waals surface area contributed by atoms with Crippen molar-refractivity contribution in [1.82, 2.24) is 0 Å². The second kappa shape index (κ2) is 6.50. The largest absolute Gasteiger partial charge is 0.507 e. The molecular weight excluding hydrogens is 376 g/mol. The van der Waals surface area contributed by atoms with E-state index in [2.05, 4.69) is 0 Å². The molecule has 0 spiro atoms. The molecule has 0 bridgehead atoms. The van der Waals surface area contributed by atoms with E-state index in [4.69, 9.17) is 4.74 Å². The zero-order valence-electron chi connectivity index (χ0n) is 15.9. The van der Waals surface area contributed by atoms with Crippen molar-refractivity contribution in [2.24, 2.45) is 0 Å². The molecule has 0 fully saturated rings. The van der Waals surface area contributed by atoms with Crippen LogP contribution in [0.5, 0.6) is 5.75 Å². The fourth-order valence-electron chi connectivity index (χ4n) is 4.52. The molecule has 0 radical (unpaired) electrons. The van der Waals surface area contributed by atoms with Crippen molar-refractivity contribution < 1.29 is 34.4 Å². The van der Waals surface area contributed by atoms with Gasteiger partial charge in [-0.15, -0.1) is 0 Å². The van der Waals surface area contributed by atoms with E-state index in [9.17, 15) is 29.7 Å². The lowest BCUT2D eigenvalue weighted by Crippen LogP contribution is -2.46. The Morgan fingerprint density at radius 2 is 1.79 bits per heavy atom. The van der Waals surface area contributed by atoms with Gasteiger partial charge in [0.2, 0.25) is 0 Å². The Labute approximate surface area is 166 Å². The van der Waals surface area contributed by atoms with Gasteiger partial charge in [-0.1, -0.05) is 31.2 Å². The van der Waals surface area contributed by atoms with E-state index in [0.29, 0.717) is 0 Å². The Kier molecular flexibility index (Phi) is 4.33. The molecule has 7 heteroatoms. The van der Waals surface area contributed by atoms with Crippen LogP contribution in [0.15, 0.2) is 30.3 Å². The summed E-state index contributed by atoms with van der Waals surface area (Å²) in [6.45, 7) is 1.66. The third-order valence-corrected chi connectivity index (χ3v) is 6.04. The number of phenolic OH excluding ortho intramolecular Hbond substituents is 1. The number of ketones is 2. The zero-order chi connectivity index (χ0) is 21.1. The highest BCUT2D eigenvalue weighted by Gasteiger charge is 2.51. The first kappa shape index (κ1) is 19.3. The molecule has 0 aliphatic heterocycles. The summed E-state index contributed by atoms with van der Waals surface area (Å²) >= 11 is 0. The summed E-state index contributed by atoms with van der Waals surface area (Å²) in [4.78, 5) is 38.6. The molecule has 0 amide bonds. The van der Waals surface area contributed by atoms with Crippen LogP contribution in [0.25, 0.3) is 0 Å². The van der Waals surface area contributed by atoms with Crippen molar-refractivity contribution in [2.75, 3.05) is 7.11 Å². The highest BCUT2D eigenvalue weighted by atomic mass is 16.5. The molecular formula is C22H20O7. The summed E-state index contributed by atoms with van der Waals surface area (Å²) in [6.07, 6.45) is -1.40. The summed E-state index contributed by atoms with van der Waals surface area (Å²) in [6, 6.07) is 7.59. The molecule has 0 heterocycles. The number of rotatable bonds is 2. The lowest BCUT2D eigenvalue weighted by molar-refractivity contribution is -0.153. The highest BCUT2D eigenvalue weighted by Crippen LogP contribution is 2.51. The molecule has 150 valence electrons.